The highest BCUT2D eigenvalue weighted by Gasteiger charge is 2.42. The fraction of sp³-hybridized carbons (Fsp3) is 0.455. The summed E-state index contributed by atoms with van der Waals surface area (Å²) in [6, 6.07) is 4.75. The van der Waals surface area contributed by atoms with Crippen molar-refractivity contribution in [2.75, 3.05) is 13.2 Å². The van der Waals surface area contributed by atoms with Crippen LogP contribution in [0.4, 0.5) is 4.39 Å². The number of halogens is 1. The molecule has 2 nitrogen and oxygen atoms in total. The Morgan fingerprint density at radius 3 is 3.07 bits per heavy atom. The van der Waals surface area contributed by atoms with Crippen LogP contribution in [-0.2, 0) is 11.2 Å². The van der Waals surface area contributed by atoms with Crippen LogP contribution in [0.15, 0.2) is 18.2 Å². The second-order valence-corrected chi connectivity index (χ2v) is 4.02. The van der Waals surface area contributed by atoms with E-state index in [1.54, 1.807) is 6.07 Å². The van der Waals surface area contributed by atoms with Crippen molar-refractivity contribution in [1.29, 1.82) is 0 Å². The average molecular weight is 194 g/mol. The van der Waals surface area contributed by atoms with E-state index in [0.717, 1.165) is 25.0 Å². The maximum absolute atomic E-state index is 12.9. The molecule has 0 aromatic heterocycles. The summed E-state index contributed by atoms with van der Waals surface area (Å²) in [5.74, 6) is 0.454. The molecule has 3 heteroatoms. The summed E-state index contributed by atoms with van der Waals surface area (Å²) < 4.78 is 24.0. The lowest BCUT2D eigenvalue weighted by molar-refractivity contribution is 0.0701. The van der Waals surface area contributed by atoms with E-state index in [1.807, 2.05) is 0 Å². The van der Waals surface area contributed by atoms with E-state index < -0.39 is 0 Å². The zero-order valence-corrected chi connectivity index (χ0v) is 7.75. The van der Waals surface area contributed by atoms with Gasteiger partial charge < -0.3 is 9.47 Å². The normalized spacial score (nSPS) is 29.2. The summed E-state index contributed by atoms with van der Waals surface area (Å²) in [6.07, 6.45) is 1.76. The molecule has 74 valence electrons. The standard InChI is InChI=1S/C11H11FO2/c12-9-2-1-8-6-11(3-4-13-7-11)14-10(8)5-9/h1-2,5H,3-4,6-7H2. The number of ether oxygens (including phenoxy) is 2. The molecule has 0 radical (unpaired) electrons. The lowest BCUT2D eigenvalue weighted by atomic mass is 9.97. The van der Waals surface area contributed by atoms with E-state index in [0.29, 0.717) is 12.4 Å². The molecular weight excluding hydrogens is 183 g/mol. The summed E-state index contributed by atoms with van der Waals surface area (Å²) in [5, 5.41) is 0. The SMILES string of the molecule is Fc1ccc2c(c1)OC1(CCOC1)C2. The Balaban J connectivity index is 1.96. The van der Waals surface area contributed by atoms with Crippen LogP contribution in [0, 0.1) is 5.82 Å². The van der Waals surface area contributed by atoms with Crippen LogP contribution >= 0.6 is 0 Å². The lowest BCUT2D eigenvalue weighted by Crippen LogP contribution is -2.34. The Hall–Kier alpha value is -1.09. The second-order valence-electron chi connectivity index (χ2n) is 4.02. The van der Waals surface area contributed by atoms with Gasteiger partial charge in [-0.25, -0.2) is 4.39 Å². The Labute approximate surface area is 81.6 Å². The molecule has 0 bridgehead atoms. The maximum atomic E-state index is 12.9. The minimum absolute atomic E-state index is 0.198. The number of hydrogen-bond acceptors (Lipinski definition) is 2. The third-order valence-corrected chi connectivity index (χ3v) is 2.94. The van der Waals surface area contributed by atoms with E-state index in [9.17, 15) is 4.39 Å². The summed E-state index contributed by atoms with van der Waals surface area (Å²) in [7, 11) is 0. The molecule has 2 heterocycles. The predicted molar refractivity (Wildman–Crippen MR) is 48.9 cm³/mol. The molecule has 1 aromatic carbocycles. The van der Waals surface area contributed by atoms with Crippen LogP contribution < -0.4 is 4.74 Å². The second kappa shape index (κ2) is 2.70. The Morgan fingerprint density at radius 1 is 1.36 bits per heavy atom. The highest BCUT2D eigenvalue weighted by molar-refractivity contribution is 5.40. The quantitative estimate of drug-likeness (QED) is 0.628. The fourth-order valence-corrected chi connectivity index (χ4v) is 2.19. The Morgan fingerprint density at radius 2 is 2.29 bits per heavy atom. The van der Waals surface area contributed by atoms with Gasteiger partial charge in [-0.15, -0.1) is 0 Å². The van der Waals surface area contributed by atoms with Gasteiger partial charge in [0, 0.05) is 18.9 Å². The van der Waals surface area contributed by atoms with E-state index in [-0.39, 0.29) is 11.4 Å². The molecule has 0 saturated carbocycles. The van der Waals surface area contributed by atoms with Crippen molar-refractivity contribution in [3.8, 4) is 5.75 Å². The van der Waals surface area contributed by atoms with Crippen LogP contribution in [0.25, 0.3) is 0 Å². The van der Waals surface area contributed by atoms with Crippen molar-refractivity contribution in [3.05, 3.63) is 29.6 Å². The molecule has 1 unspecified atom stereocenters. The monoisotopic (exact) mass is 194 g/mol. The minimum Gasteiger partial charge on any atom is -0.484 e. The highest BCUT2D eigenvalue weighted by atomic mass is 19.1. The van der Waals surface area contributed by atoms with Crippen molar-refractivity contribution in [2.45, 2.75) is 18.4 Å². The van der Waals surface area contributed by atoms with Crippen molar-refractivity contribution in [3.63, 3.8) is 0 Å². The first-order valence-corrected chi connectivity index (χ1v) is 4.83. The topological polar surface area (TPSA) is 18.5 Å². The number of rotatable bonds is 0. The number of fused-ring (bicyclic) bond motifs is 1. The van der Waals surface area contributed by atoms with Crippen LogP contribution in [0.2, 0.25) is 0 Å². The van der Waals surface area contributed by atoms with Gasteiger partial charge in [-0.3, -0.25) is 0 Å². The van der Waals surface area contributed by atoms with Gasteiger partial charge in [0.1, 0.15) is 17.2 Å². The Kier molecular flexibility index (Phi) is 1.59. The van der Waals surface area contributed by atoms with Gasteiger partial charge >= 0.3 is 0 Å². The van der Waals surface area contributed by atoms with Gasteiger partial charge in [0.25, 0.3) is 0 Å². The minimum atomic E-state index is -0.236. The van der Waals surface area contributed by atoms with Crippen molar-refractivity contribution in [2.24, 2.45) is 0 Å². The average Bonchev–Trinajstić information content (AvgIpc) is 2.72. The zero-order chi connectivity index (χ0) is 9.60. The molecular formula is C11H11FO2. The molecule has 2 aliphatic rings. The van der Waals surface area contributed by atoms with Gasteiger partial charge in [0.2, 0.25) is 0 Å². The maximum Gasteiger partial charge on any atom is 0.139 e. The lowest BCUT2D eigenvalue weighted by Gasteiger charge is -2.20. The van der Waals surface area contributed by atoms with Crippen LogP contribution in [0.3, 0.4) is 0 Å². The molecule has 3 rings (SSSR count). The summed E-state index contributed by atoms with van der Waals surface area (Å²) >= 11 is 0. The van der Waals surface area contributed by atoms with E-state index in [4.69, 9.17) is 9.47 Å². The molecule has 0 amide bonds. The summed E-state index contributed by atoms with van der Waals surface area (Å²) in [4.78, 5) is 0. The molecule has 1 saturated heterocycles. The molecule has 1 spiro atoms. The van der Waals surface area contributed by atoms with Crippen LogP contribution in [0.1, 0.15) is 12.0 Å². The van der Waals surface area contributed by atoms with E-state index >= 15 is 0 Å². The molecule has 0 aliphatic carbocycles. The first-order chi connectivity index (χ1) is 6.77. The Bertz CT molecular complexity index is 370. The highest BCUT2D eigenvalue weighted by Crippen LogP contribution is 2.39. The smallest absolute Gasteiger partial charge is 0.139 e. The fourth-order valence-electron chi connectivity index (χ4n) is 2.19. The summed E-state index contributed by atoms with van der Waals surface area (Å²) in [6.45, 7) is 1.37. The van der Waals surface area contributed by atoms with Gasteiger partial charge in [-0.1, -0.05) is 6.07 Å². The number of hydrogen-bond donors (Lipinski definition) is 0. The van der Waals surface area contributed by atoms with Gasteiger partial charge in [-0.05, 0) is 11.6 Å². The molecule has 14 heavy (non-hydrogen) atoms. The van der Waals surface area contributed by atoms with Gasteiger partial charge in [-0.2, -0.15) is 0 Å². The largest absolute Gasteiger partial charge is 0.484 e. The number of benzene rings is 1. The van der Waals surface area contributed by atoms with Crippen LogP contribution in [-0.4, -0.2) is 18.8 Å². The molecule has 0 N–H and O–H groups in total. The zero-order valence-electron chi connectivity index (χ0n) is 7.75. The summed E-state index contributed by atoms with van der Waals surface area (Å²) in [5.41, 5.74) is 0.896. The van der Waals surface area contributed by atoms with Crippen LogP contribution in [0.5, 0.6) is 5.75 Å². The molecule has 1 aromatic rings. The molecule has 1 atom stereocenters. The third-order valence-electron chi connectivity index (χ3n) is 2.94. The van der Waals surface area contributed by atoms with Crippen molar-refractivity contribution < 1.29 is 13.9 Å². The third kappa shape index (κ3) is 1.12. The van der Waals surface area contributed by atoms with Crippen molar-refractivity contribution in [1.82, 2.24) is 0 Å². The van der Waals surface area contributed by atoms with E-state index in [1.165, 1.54) is 12.1 Å². The predicted octanol–water partition coefficient (Wildman–Crippen LogP) is 1.92. The first-order valence-electron chi connectivity index (χ1n) is 4.83. The van der Waals surface area contributed by atoms with Gasteiger partial charge in [0.15, 0.2) is 0 Å². The molecule has 1 fully saturated rings. The van der Waals surface area contributed by atoms with Crippen molar-refractivity contribution >= 4 is 0 Å². The van der Waals surface area contributed by atoms with E-state index in [2.05, 4.69) is 0 Å². The molecule has 2 aliphatic heterocycles. The first kappa shape index (κ1) is 8.24. The van der Waals surface area contributed by atoms with Gasteiger partial charge in [0.05, 0.1) is 13.2 Å².